The van der Waals surface area contributed by atoms with E-state index in [9.17, 15) is 28.3 Å². The first-order chi connectivity index (χ1) is 15.2. The van der Waals surface area contributed by atoms with Crippen LogP contribution in [0.15, 0.2) is 23.1 Å². The van der Waals surface area contributed by atoms with Crippen LogP contribution < -0.4 is 15.8 Å². The average molecular weight is 468 g/mol. The minimum atomic E-state index is -1.05. The molecule has 2 amide bonds. The molecule has 0 unspecified atom stereocenters. The molecule has 3 heterocycles. The molecule has 2 aliphatic heterocycles. The van der Waals surface area contributed by atoms with Crippen molar-refractivity contribution in [2.75, 3.05) is 44.9 Å². The summed E-state index contributed by atoms with van der Waals surface area (Å²) in [5, 5.41) is 14.2. The highest BCUT2D eigenvalue weighted by molar-refractivity contribution is 6.30. The highest BCUT2D eigenvalue weighted by Crippen LogP contribution is 2.23. The van der Waals surface area contributed by atoms with Crippen LogP contribution in [-0.2, 0) is 6.54 Å². The molecule has 1 aromatic heterocycles. The summed E-state index contributed by atoms with van der Waals surface area (Å²) in [7, 11) is 1.91. The van der Waals surface area contributed by atoms with Crippen molar-refractivity contribution in [1.29, 1.82) is 0 Å². The third-order valence-electron chi connectivity index (χ3n) is 5.59. The number of nitrogens with zero attached hydrogens (tertiary/aromatic N) is 4. The summed E-state index contributed by atoms with van der Waals surface area (Å²) in [6.07, 6.45) is 1.16. The number of nitrogens with one attached hydrogen (secondary N) is 1. The van der Waals surface area contributed by atoms with Gasteiger partial charge in [0.2, 0.25) is 5.43 Å². The maximum absolute atomic E-state index is 14.1. The molecule has 1 aromatic carbocycles. The van der Waals surface area contributed by atoms with E-state index in [1.54, 1.807) is 5.01 Å². The molecule has 0 atom stereocenters. The number of aromatic hydroxyl groups is 1. The number of fused-ring (bicyclic) bond motifs is 4. The quantitative estimate of drug-likeness (QED) is 0.645. The van der Waals surface area contributed by atoms with Gasteiger partial charge in [-0.15, -0.1) is 0 Å². The van der Waals surface area contributed by atoms with Crippen LogP contribution in [0, 0.1) is 11.6 Å². The molecule has 170 valence electrons. The molecule has 12 heteroatoms. The number of amides is 2. The fraction of sp³-hybridized carbons (Fsp3) is 0.350. The van der Waals surface area contributed by atoms with Crippen molar-refractivity contribution >= 4 is 23.4 Å². The fourth-order valence-electron chi connectivity index (χ4n) is 3.69. The van der Waals surface area contributed by atoms with Crippen molar-refractivity contribution < 1.29 is 23.5 Å². The highest BCUT2D eigenvalue weighted by atomic mass is 35.5. The predicted octanol–water partition coefficient (Wildman–Crippen LogP) is 0.712. The molecule has 2 aliphatic rings. The summed E-state index contributed by atoms with van der Waals surface area (Å²) in [4.78, 5) is 41.7. The standard InChI is InChI=1S/C20H20ClF2N5O4/c1-25-4-6-26-10-27(7-5-25)28-9-12(17(29)18(30)16(28)20(26)32)19(31)24-8-11-14(22)3-2-13(21)15(11)23/h2-3,9,30H,4-8,10H2,1H3,(H,24,31). The lowest BCUT2D eigenvalue weighted by atomic mass is 10.1. The van der Waals surface area contributed by atoms with E-state index in [0.29, 0.717) is 26.2 Å². The average Bonchev–Trinajstić information content (AvgIpc) is 2.75. The van der Waals surface area contributed by atoms with Gasteiger partial charge in [-0.1, -0.05) is 11.6 Å². The Bertz CT molecular complexity index is 1170. The van der Waals surface area contributed by atoms with Gasteiger partial charge < -0.3 is 20.2 Å². The van der Waals surface area contributed by atoms with Crippen LogP contribution >= 0.6 is 11.6 Å². The number of carbonyl (C=O) groups is 2. The van der Waals surface area contributed by atoms with Gasteiger partial charge in [0.15, 0.2) is 11.4 Å². The molecule has 1 saturated heterocycles. The molecule has 2 bridgehead atoms. The third-order valence-corrected chi connectivity index (χ3v) is 5.89. The molecule has 4 rings (SSSR count). The Labute approximate surface area is 186 Å². The second-order valence-corrected chi connectivity index (χ2v) is 8.07. The van der Waals surface area contributed by atoms with Crippen molar-refractivity contribution in [2.45, 2.75) is 6.54 Å². The molecular formula is C20H20ClF2N5O4. The fourth-order valence-corrected chi connectivity index (χ4v) is 3.86. The van der Waals surface area contributed by atoms with Gasteiger partial charge in [-0.2, -0.15) is 0 Å². The molecule has 1 fully saturated rings. The first kappa shape index (κ1) is 22.0. The van der Waals surface area contributed by atoms with Crippen LogP contribution in [0.25, 0.3) is 0 Å². The van der Waals surface area contributed by atoms with Crippen molar-refractivity contribution in [3.63, 3.8) is 0 Å². The number of benzene rings is 1. The minimum absolute atomic E-state index is 0.224. The number of aromatic nitrogens is 1. The van der Waals surface area contributed by atoms with Gasteiger partial charge in [0.1, 0.15) is 23.9 Å². The molecule has 0 spiro atoms. The van der Waals surface area contributed by atoms with Crippen LogP contribution in [0.2, 0.25) is 5.02 Å². The Balaban J connectivity index is 1.67. The summed E-state index contributed by atoms with van der Waals surface area (Å²) in [6, 6.07) is 2.01. The van der Waals surface area contributed by atoms with Crippen LogP contribution in [0.4, 0.5) is 8.78 Å². The highest BCUT2D eigenvalue weighted by Gasteiger charge is 2.35. The van der Waals surface area contributed by atoms with Crippen LogP contribution in [-0.4, -0.2) is 71.3 Å². The van der Waals surface area contributed by atoms with E-state index in [-0.39, 0.29) is 17.4 Å². The lowest BCUT2D eigenvalue weighted by molar-refractivity contribution is 0.0644. The van der Waals surface area contributed by atoms with Crippen molar-refractivity contribution in [2.24, 2.45) is 0 Å². The van der Waals surface area contributed by atoms with Crippen molar-refractivity contribution in [3.8, 4) is 5.75 Å². The number of carbonyl (C=O) groups excluding carboxylic acids is 2. The Morgan fingerprint density at radius 1 is 1.19 bits per heavy atom. The molecule has 0 saturated carbocycles. The maximum Gasteiger partial charge on any atom is 0.277 e. The van der Waals surface area contributed by atoms with Gasteiger partial charge in [0.25, 0.3) is 11.8 Å². The van der Waals surface area contributed by atoms with Crippen LogP contribution in [0.3, 0.4) is 0 Å². The SMILES string of the molecule is CN1CCN2CN(CC1)n1cc(C(=O)NCc3c(F)ccc(Cl)c3F)c(=O)c(O)c1C2=O. The second kappa shape index (κ2) is 8.40. The first-order valence-corrected chi connectivity index (χ1v) is 10.2. The van der Waals surface area contributed by atoms with E-state index in [2.05, 4.69) is 5.32 Å². The smallest absolute Gasteiger partial charge is 0.277 e. The molecule has 9 nitrogen and oxygen atoms in total. The van der Waals surface area contributed by atoms with Crippen LogP contribution in [0.5, 0.6) is 5.75 Å². The minimum Gasteiger partial charge on any atom is -0.502 e. The lowest BCUT2D eigenvalue weighted by Crippen LogP contribution is -2.59. The molecule has 2 aromatic rings. The third kappa shape index (κ3) is 3.78. The summed E-state index contributed by atoms with van der Waals surface area (Å²) < 4.78 is 29.3. The number of hydrogen-bond donors (Lipinski definition) is 2. The predicted molar refractivity (Wildman–Crippen MR) is 111 cm³/mol. The van der Waals surface area contributed by atoms with E-state index in [1.165, 1.54) is 9.58 Å². The summed E-state index contributed by atoms with van der Waals surface area (Å²) in [5.74, 6) is -4.27. The topological polar surface area (TPSA) is 98.1 Å². The molecule has 0 radical (unpaired) electrons. The molecular weight excluding hydrogens is 448 g/mol. The Kier molecular flexibility index (Phi) is 5.78. The molecule has 2 N–H and O–H groups in total. The normalized spacial score (nSPS) is 16.4. The van der Waals surface area contributed by atoms with Gasteiger partial charge in [-0.3, -0.25) is 24.1 Å². The molecule has 0 aliphatic carbocycles. The number of hydrogen-bond acceptors (Lipinski definition) is 6. The summed E-state index contributed by atoms with van der Waals surface area (Å²) in [6.45, 7) is 1.83. The molecule has 32 heavy (non-hydrogen) atoms. The van der Waals surface area contributed by atoms with E-state index < -0.39 is 52.3 Å². The zero-order valence-electron chi connectivity index (χ0n) is 17.1. The maximum atomic E-state index is 14.1. The first-order valence-electron chi connectivity index (χ1n) is 9.81. The number of rotatable bonds is 3. The lowest BCUT2D eigenvalue weighted by Gasteiger charge is -2.42. The Hall–Kier alpha value is -3.18. The number of likely N-dealkylation sites (N-methyl/N-ethyl adjacent to an activating group) is 1. The van der Waals surface area contributed by atoms with E-state index >= 15 is 0 Å². The van der Waals surface area contributed by atoms with Crippen molar-refractivity contribution in [1.82, 2.24) is 19.8 Å². The van der Waals surface area contributed by atoms with Gasteiger partial charge >= 0.3 is 0 Å². The van der Waals surface area contributed by atoms with Gasteiger partial charge in [0, 0.05) is 44.5 Å². The Morgan fingerprint density at radius 2 is 1.91 bits per heavy atom. The second-order valence-electron chi connectivity index (χ2n) is 7.66. The van der Waals surface area contributed by atoms with E-state index in [1.807, 2.05) is 11.9 Å². The Morgan fingerprint density at radius 3 is 2.66 bits per heavy atom. The van der Waals surface area contributed by atoms with Gasteiger partial charge in [-0.25, -0.2) is 8.78 Å². The number of halogens is 3. The summed E-state index contributed by atoms with van der Waals surface area (Å²) >= 11 is 5.66. The summed E-state index contributed by atoms with van der Waals surface area (Å²) in [5.41, 5.74) is -2.21. The van der Waals surface area contributed by atoms with Crippen LogP contribution in [0.1, 0.15) is 26.4 Å². The van der Waals surface area contributed by atoms with Gasteiger partial charge in [-0.05, 0) is 19.2 Å². The largest absolute Gasteiger partial charge is 0.502 e. The van der Waals surface area contributed by atoms with Gasteiger partial charge in [0.05, 0.1) is 5.02 Å². The zero-order chi connectivity index (χ0) is 23.2. The van der Waals surface area contributed by atoms with Crippen molar-refractivity contribution in [3.05, 3.63) is 62.0 Å². The monoisotopic (exact) mass is 467 g/mol. The zero-order valence-corrected chi connectivity index (χ0v) is 17.8. The van der Waals surface area contributed by atoms with E-state index in [4.69, 9.17) is 11.6 Å². The number of pyridine rings is 1. The van der Waals surface area contributed by atoms with E-state index in [0.717, 1.165) is 18.3 Å².